The molecule has 0 aromatic carbocycles. The monoisotopic (exact) mass is 146 g/mol. The van der Waals surface area contributed by atoms with Crippen LogP contribution < -0.4 is 0 Å². The molecule has 1 fully saturated rings. The smallest absolute Gasteiger partial charge is 0.321 e. The highest BCUT2D eigenvalue weighted by Gasteiger charge is 2.37. The van der Waals surface area contributed by atoms with Crippen molar-refractivity contribution in [2.45, 2.75) is 12.6 Å². The number of esters is 2. The van der Waals surface area contributed by atoms with E-state index in [4.69, 9.17) is 0 Å². The van der Waals surface area contributed by atoms with Gasteiger partial charge in [0.05, 0.1) is 11.6 Å². The van der Waals surface area contributed by atoms with Crippen molar-refractivity contribution in [3.8, 4) is 0 Å². The number of ether oxygens (including phenoxy) is 1. The molecule has 1 aliphatic rings. The third kappa shape index (κ3) is 0.969. The first kappa shape index (κ1) is 6.69. The summed E-state index contributed by atoms with van der Waals surface area (Å²) in [7, 11) is 2.28. The van der Waals surface area contributed by atoms with E-state index in [1.165, 1.54) is 0 Å². The van der Waals surface area contributed by atoms with Crippen LogP contribution in [0.1, 0.15) is 6.92 Å². The van der Waals surface area contributed by atoms with Gasteiger partial charge in [0.1, 0.15) is 0 Å². The minimum atomic E-state index is -0.433. The van der Waals surface area contributed by atoms with Gasteiger partial charge in [0, 0.05) is 0 Å². The molecule has 0 N–H and O–H groups in total. The van der Waals surface area contributed by atoms with E-state index < -0.39 is 11.9 Å². The quantitative estimate of drug-likeness (QED) is 0.273. The number of carbonyl (C=O) groups is 2. The predicted octanol–water partition coefficient (Wildman–Crippen LogP) is -0.0504. The number of carbonyl (C=O) groups excluding carboxylic acids is 2. The maximum atomic E-state index is 10.5. The molecular formula is C5H7O3P. The average molecular weight is 146 g/mol. The Morgan fingerprint density at radius 1 is 1.44 bits per heavy atom. The lowest BCUT2D eigenvalue weighted by molar-refractivity contribution is -0.152. The van der Waals surface area contributed by atoms with Crippen LogP contribution in [0.2, 0.25) is 0 Å². The van der Waals surface area contributed by atoms with Crippen molar-refractivity contribution in [3.05, 3.63) is 0 Å². The van der Waals surface area contributed by atoms with E-state index in [9.17, 15) is 9.59 Å². The molecule has 9 heavy (non-hydrogen) atoms. The summed E-state index contributed by atoms with van der Waals surface area (Å²) in [5, 5.41) is 0. The van der Waals surface area contributed by atoms with E-state index in [0.717, 1.165) is 0 Å². The first-order valence-corrected chi connectivity index (χ1v) is 3.30. The Hall–Kier alpha value is -0.430. The zero-order valence-electron chi connectivity index (χ0n) is 4.96. The largest absolute Gasteiger partial charge is 0.392 e. The van der Waals surface area contributed by atoms with E-state index in [-0.39, 0.29) is 11.6 Å². The van der Waals surface area contributed by atoms with Crippen LogP contribution in [0.5, 0.6) is 0 Å². The standard InChI is InChI=1S/C5H7O3P/c1-2-3(9)5(7)8-4(2)6/h2-3H,9H2,1H3. The molecule has 1 saturated heterocycles. The van der Waals surface area contributed by atoms with Crippen LogP contribution in [-0.4, -0.2) is 17.6 Å². The molecule has 0 amide bonds. The van der Waals surface area contributed by atoms with E-state index in [1.54, 1.807) is 6.92 Å². The summed E-state index contributed by atoms with van der Waals surface area (Å²) in [5.41, 5.74) is -0.336. The second kappa shape index (κ2) is 2.07. The van der Waals surface area contributed by atoms with Gasteiger partial charge in [-0.3, -0.25) is 9.59 Å². The first-order valence-electron chi connectivity index (χ1n) is 2.64. The Morgan fingerprint density at radius 2 is 2.00 bits per heavy atom. The third-order valence-electron chi connectivity index (χ3n) is 1.38. The van der Waals surface area contributed by atoms with Crippen LogP contribution in [0.15, 0.2) is 0 Å². The van der Waals surface area contributed by atoms with Gasteiger partial charge in [0.15, 0.2) is 0 Å². The zero-order chi connectivity index (χ0) is 7.02. The SMILES string of the molecule is CC1C(=O)OC(=O)C1P. The Kier molecular flexibility index (Phi) is 1.54. The normalized spacial score (nSPS) is 34.9. The van der Waals surface area contributed by atoms with Crippen LogP contribution in [0.3, 0.4) is 0 Å². The average Bonchev–Trinajstić information content (AvgIpc) is 1.98. The lowest BCUT2D eigenvalue weighted by Gasteiger charge is -1.96. The van der Waals surface area contributed by atoms with Crippen molar-refractivity contribution < 1.29 is 14.3 Å². The molecule has 0 aliphatic carbocycles. The topological polar surface area (TPSA) is 43.4 Å². The van der Waals surface area contributed by atoms with E-state index >= 15 is 0 Å². The maximum Gasteiger partial charge on any atom is 0.321 e. The third-order valence-corrected chi connectivity index (χ3v) is 2.23. The fourth-order valence-electron chi connectivity index (χ4n) is 0.611. The van der Waals surface area contributed by atoms with Crippen molar-refractivity contribution in [3.63, 3.8) is 0 Å². The molecule has 4 heteroatoms. The van der Waals surface area contributed by atoms with Gasteiger partial charge in [-0.1, -0.05) is 6.92 Å². The lowest BCUT2D eigenvalue weighted by Crippen LogP contribution is -2.12. The minimum absolute atomic E-state index is 0.289. The Bertz CT molecular complexity index is 148. The minimum Gasteiger partial charge on any atom is -0.392 e. The summed E-state index contributed by atoms with van der Waals surface area (Å²) in [6, 6.07) is 0. The van der Waals surface area contributed by atoms with E-state index in [0.29, 0.717) is 0 Å². The molecule has 0 radical (unpaired) electrons. The van der Waals surface area contributed by atoms with Gasteiger partial charge in [-0.05, 0) is 0 Å². The van der Waals surface area contributed by atoms with Crippen molar-refractivity contribution in [1.82, 2.24) is 0 Å². The molecule has 3 unspecified atom stereocenters. The molecule has 1 aliphatic heterocycles. The fourth-order valence-corrected chi connectivity index (χ4v) is 0.836. The Balaban J connectivity index is 2.77. The summed E-state index contributed by atoms with van der Waals surface area (Å²) in [4.78, 5) is 21.1. The molecule has 3 atom stereocenters. The van der Waals surface area contributed by atoms with Crippen LogP contribution in [0.25, 0.3) is 0 Å². The molecular weight excluding hydrogens is 139 g/mol. The van der Waals surface area contributed by atoms with Gasteiger partial charge in [-0.25, -0.2) is 0 Å². The summed E-state index contributed by atoms with van der Waals surface area (Å²) < 4.78 is 4.29. The van der Waals surface area contributed by atoms with Gasteiger partial charge in [-0.15, -0.1) is 9.24 Å². The lowest BCUT2D eigenvalue weighted by atomic mass is 10.1. The van der Waals surface area contributed by atoms with Gasteiger partial charge in [0.25, 0.3) is 0 Å². The number of hydrogen-bond acceptors (Lipinski definition) is 3. The number of hydrogen-bond donors (Lipinski definition) is 0. The molecule has 0 bridgehead atoms. The zero-order valence-corrected chi connectivity index (χ0v) is 6.11. The molecule has 1 heterocycles. The van der Waals surface area contributed by atoms with Crippen LogP contribution in [0, 0.1) is 5.92 Å². The Morgan fingerprint density at radius 3 is 2.11 bits per heavy atom. The van der Waals surface area contributed by atoms with Gasteiger partial charge in [0.2, 0.25) is 0 Å². The predicted molar refractivity (Wildman–Crippen MR) is 33.8 cm³/mol. The number of rotatable bonds is 0. The number of cyclic esters (lactones) is 2. The van der Waals surface area contributed by atoms with Crippen LogP contribution >= 0.6 is 9.24 Å². The highest BCUT2D eigenvalue weighted by atomic mass is 31.0. The Labute approximate surface area is 55.0 Å². The van der Waals surface area contributed by atoms with Gasteiger partial charge < -0.3 is 4.74 Å². The summed E-state index contributed by atoms with van der Waals surface area (Å²) in [6.07, 6.45) is 0. The highest BCUT2D eigenvalue weighted by molar-refractivity contribution is 7.19. The van der Waals surface area contributed by atoms with Gasteiger partial charge in [-0.2, -0.15) is 0 Å². The highest BCUT2D eigenvalue weighted by Crippen LogP contribution is 2.22. The van der Waals surface area contributed by atoms with Crippen molar-refractivity contribution in [2.24, 2.45) is 5.92 Å². The summed E-state index contributed by atoms with van der Waals surface area (Å²) in [5.74, 6) is -1.14. The van der Waals surface area contributed by atoms with Crippen LogP contribution in [0.4, 0.5) is 0 Å². The first-order chi connectivity index (χ1) is 4.13. The molecule has 0 saturated carbocycles. The second-order valence-electron chi connectivity index (χ2n) is 2.05. The van der Waals surface area contributed by atoms with Gasteiger partial charge >= 0.3 is 11.9 Å². The second-order valence-corrected chi connectivity index (χ2v) is 2.77. The summed E-state index contributed by atoms with van der Waals surface area (Å²) in [6.45, 7) is 1.67. The van der Waals surface area contributed by atoms with Crippen molar-refractivity contribution >= 4 is 21.2 Å². The molecule has 0 spiro atoms. The molecule has 50 valence electrons. The van der Waals surface area contributed by atoms with E-state index in [2.05, 4.69) is 14.0 Å². The summed E-state index contributed by atoms with van der Waals surface area (Å²) >= 11 is 0. The van der Waals surface area contributed by atoms with Crippen molar-refractivity contribution in [1.29, 1.82) is 0 Å². The van der Waals surface area contributed by atoms with Crippen LogP contribution in [-0.2, 0) is 14.3 Å². The molecule has 1 rings (SSSR count). The maximum absolute atomic E-state index is 10.5. The fraction of sp³-hybridized carbons (Fsp3) is 0.600. The molecule has 3 nitrogen and oxygen atoms in total. The van der Waals surface area contributed by atoms with Crippen molar-refractivity contribution in [2.75, 3.05) is 0 Å². The molecule has 0 aromatic rings. The molecule has 0 aromatic heterocycles. The van der Waals surface area contributed by atoms with E-state index in [1.807, 2.05) is 0 Å².